The Morgan fingerprint density at radius 1 is 1.19 bits per heavy atom. The van der Waals surface area contributed by atoms with E-state index >= 15 is 0 Å². The molecule has 2 amide bonds. The van der Waals surface area contributed by atoms with Gasteiger partial charge in [0.1, 0.15) is 5.82 Å². The fourth-order valence-corrected chi connectivity index (χ4v) is 3.32. The molecule has 2 aromatic rings. The van der Waals surface area contributed by atoms with Crippen LogP contribution in [0.2, 0.25) is 0 Å². The van der Waals surface area contributed by atoms with E-state index in [4.69, 9.17) is 0 Å². The minimum absolute atomic E-state index is 0.000652. The lowest BCUT2D eigenvalue weighted by Crippen LogP contribution is -2.34. The van der Waals surface area contributed by atoms with Crippen LogP contribution in [0.5, 0.6) is 0 Å². The summed E-state index contributed by atoms with van der Waals surface area (Å²) in [5.41, 5.74) is 1.73. The molecule has 26 heavy (non-hydrogen) atoms. The van der Waals surface area contributed by atoms with Crippen molar-refractivity contribution in [2.75, 3.05) is 14.1 Å². The maximum atomic E-state index is 13.3. The lowest BCUT2D eigenvalue weighted by atomic mass is 10.1. The SMILES string of the molecule is CN(C)C(=O)C1CCC(NC(=O)c2ccc(-c3cccc(F)c3)nc2)C1. The van der Waals surface area contributed by atoms with Crippen molar-refractivity contribution in [1.29, 1.82) is 0 Å². The van der Waals surface area contributed by atoms with Gasteiger partial charge in [-0.05, 0) is 43.5 Å². The van der Waals surface area contributed by atoms with Crippen molar-refractivity contribution in [3.05, 3.63) is 54.0 Å². The van der Waals surface area contributed by atoms with Crippen molar-refractivity contribution in [3.8, 4) is 11.3 Å². The third kappa shape index (κ3) is 4.07. The number of carbonyl (C=O) groups is 2. The molecule has 0 saturated heterocycles. The van der Waals surface area contributed by atoms with Crippen molar-refractivity contribution < 1.29 is 14.0 Å². The molecule has 1 fully saturated rings. The summed E-state index contributed by atoms with van der Waals surface area (Å²) in [6, 6.07) is 9.56. The molecule has 1 aromatic carbocycles. The van der Waals surface area contributed by atoms with Gasteiger partial charge in [-0.15, -0.1) is 0 Å². The summed E-state index contributed by atoms with van der Waals surface area (Å²) in [7, 11) is 3.50. The number of rotatable bonds is 4. The Balaban J connectivity index is 1.61. The fourth-order valence-electron chi connectivity index (χ4n) is 3.32. The molecule has 1 saturated carbocycles. The second kappa shape index (κ2) is 7.64. The standard InChI is InChI=1S/C20H22FN3O2/c1-24(2)20(26)14-6-8-17(11-14)23-19(25)15-7-9-18(22-12-15)13-4-3-5-16(21)10-13/h3-5,7,9-10,12,14,17H,6,8,11H2,1-2H3,(H,23,25). The van der Waals surface area contributed by atoms with Crippen LogP contribution < -0.4 is 5.32 Å². The van der Waals surface area contributed by atoms with Gasteiger partial charge in [-0.3, -0.25) is 14.6 Å². The Morgan fingerprint density at radius 3 is 2.65 bits per heavy atom. The van der Waals surface area contributed by atoms with Gasteiger partial charge < -0.3 is 10.2 Å². The summed E-state index contributed by atoms with van der Waals surface area (Å²) in [5, 5.41) is 2.98. The number of amides is 2. The van der Waals surface area contributed by atoms with E-state index in [0.29, 0.717) is 23.2 Å². The maximum Gasteiger partial charge on any atom is 0.253 e. The van der Waals surface area contributed by atoms with Crippen LogP contribution in [0.4, 0.5) is 4.39 Å². The molecular weight excluding hydrogens is 333 g/mol. The first-order valence-corrected chi connectivity index (χ1v) is 8.68. The highest BCUT2D eigenvalue weighted by molar-refractivity contribution is 5.94. The number of aromatic nitrogens is 1. The molecule has 3 rings (SSSR count). The number of hydrogen-bond acceptors (Lipinski definition) is 3. The number of nitrogens with zero attached hydrogens (tertiary/aromatic N) is 2. The lowest BCUT2D eigenvalue weighted by Gasteiger charge is -2.16. The van der Waals surface area contributed by atoms with Gasteiger partial charge >= 0.3 is 0 Å². The van der Waals surface area contributed by atoms with Crippen molar-refractivity contribution in [2.24, 2.45) is 5.92 Å². The first kappa shape index (κ1) is 18.0. The average Bonchev–Trinajstić information content (AvgIpc) is 3.09. The number of carbonyl (C=O) groups excluding carboxylic acids is 2. The van der Waals surface area contributed by atoms with Crippen molar-refractivity contribution in [3.63, 3.8) is 0 Å². The van der Waals surface area contributed by atoms with Crippen LogP contribution in [0.15, 0.2) is 42.6 Å². The second-order valence-electron chi connectivity index (χ2n) is 6.86. The molecule has 2 unspecified atom stereocenters. The third-order valence-electron chi connectivity index (χ3n) is 4.70. The highest BCUT2D eigenvalue weighted by Gasteiger charge is 2.31. The lowest BCUT2D eigenvalue weighted by molar-refractivity contribution is -0.132. The summed E-state index contributed by atoms with van der Waals surface area (Å²) in [6.07, 6.45) is 3.74. The Labute approximate surface area is 152 Å². The summed E-state index contributed by atoms with van der Waals surface area (Å²) < 4.78 is 13.3. The monoisotopic (exact) mass is 355 g/mol. The molecule has 0 radical (unpaired) electrons. The molecule has 0 aliphatic heterocycles. The largest absolute Gasteiger partial charge is 0.349 e. The quantitative estimate of drug-likeness (QED) is 0.917. The van der Waals surface area contributed by atoms with E-state index in [0.717, 1.165) is 12.8 Å². The van der Waals surface area contributed by atoms with Gasteiger partial charge in [-0.1, -0.05) is 12.1 Å². The zero-order valence-corrected chi connectivity index (χ0v) is 14.9. The van der Waals surface area contributed by atoms with E-state index in [9.17, 15) is 14.0 Å². The number of pyridine rings is 1. The molecule has 6 heteroatoms. The summed E-state index contributed by atoms with van der Waals surface area (Å²) in [6.45, 7) is 0. The van der Waals surface area contributed by atoms with Gasteiger partial charge in [0.25, 0.3) is 5.91 Å². The highest BCUT2D eigenvalue weighted by Crippen LogP contribution is 2.27. The number of benzene rings is 1. The second-order valence-corrected chi connectivity index (χ2v) is 6.86. The Bertz CT molecular complexity index is 805. The van der Waals surface area contributed by atoms with Crippen LogP contribution in [0.25, 0.3) is 11.3 Å². The third-order valence-corrected chi connectivity index (χ3v) is 4.70. The Hall–Kier alpha value is -2.76. The average molecular weight is 355 g/mol. The molecule has 0 bridgehead atoms. The molecule has 1 N–H and O–H groups in total. The first-order valence-electron chi connectivity index (χ1n) is 8.68. The van der Waals surface area contributed by atoms with Gasteiger partial charge in [0.2, 0.25) is 5.91 Å². The molecule has 1 aliphatic rings. The normalized spacial score (nSPS) is 19.2. The predicted octanol–water partition coefficient (Wildman–Crippen LogP) is 2.87. The van der Waals surface area contributed by atoms with Crippen LogP contribution in [0.3, 0.4) is 0 Å². The van der Waals surface area contributed by atoms with Gasteiger partial charge in [-0.2, -0.15) is 0 Å². The van der Waals surface area contributed by atoms with Crippen LogP contribution in [0, 0.1) is 11.7 Å². The zero-order valence-electron chi connectivity index (χ0n) is 14.9. The Morgan fingerprint density at radius 2 is 2.00 bits per heavy atom. The van der Waals surface area contributed by atoms with Crippen LogP contribution in [-0.4, -0.2) is 41.8 Å². The predicted molar refractivity (Wildman–Crippen MR) is 96.9 cm³/mol. The van der Waals surface area contributed by atoms with E-state index in [1.54, 1.807) is 43.3 Å². The molecule has 136 valence electrons. The number of nitrogens with one attached hydrogen (secondary N) is 1. The summed E-state index contributed by atoms with van der Waals surface area (Å²) >= 11 is 0. The van der Waals surface area contributed by atoms with Gasteiger partial charge in [0, 0.05) is 37.8 Å². The van der Waals surface area contributed by atoms with Crippen molar-refractivity contribution in [2.45, 2.75) is 25.3 Å². The molecule has 0 spiro atoms. The smallest absolute Gasteiger partial charge is 0.253 e. The molecule has 5 nitrogen and oxygen atoms in total. The highest BCUT2D eigenvalue weighted by atomic mass is 19.1. The van der Waals surface area contributed by atoms with Crippen LogP contribution in [-0.2, 0) is 4.79 Å². The van der Waals surface area contributed by atoms with Gasteiger partial charge in [-0.25, -0.2) is 4.39 Å². The van der Waals surface area contributed by atoms with Crippen LogP contribution >= 0.6 is 0 Å². The molecular formula is C20H22FN3O2. The van der Waals surface area contributed by atoms with E-state index < -0.39 is 0 Å². The zero-order chi connectivity index (χ0) is 18.7. The molecule has 2 atom stereocenters. The van der Waals surface area contributed by atoms with E-state index in [2.05, 4.69) is 10.3 Å². The fraction of sp³-hybridized carbons (Fsp3) is 0.350. The van der Waals surface area contributed by atoms with Gasteiger partial charge in [0.05, 0.1) is 11.3 Å². The topological polar surface area (TPSA) is 62.3 Å². The van der Waals surface area contributed by atoms with E-state index in [1.807, 2.05) is 0 Å². The number of halogens is 1. The summed E-state index contributed by atoms with van der Waals surface area (Å²) in [4.78, 5) is 30.3. The molecule has 1 heterocycles. The van der Waals surface area contributed by atoms with E-state index in [1.165, 1.54) is 18.3 Å². The Kier molecular flexibility index (Phi) is 5.30. The van der Waals surface area contributed by atoms with E-state index in [-0.39, 0.29) is 29.6 Å². The van der Waals surface area contributed by atoms with Crippen molar-refractivity contribution >= 4 is 11.8 Å². The number of hydrogen-bond donors (Lipinski definition) is 1. The van der Waals surface area contributed by atoms with Gasteiger partial charge in [0.15, 0.2) is 0 Å². The van der Waals surface area contributed by atoms with Crippen LogP contribution in [0.1, 0.15) is 29.6 Å². The first-order chi connectivity index (χ1) is 12.4. The molecule has 1 aromatic heterocycles. The molecule has 1 aliphatic carbocycles. The summed E-state index contributed by atoms with van der Waals surface area (Å²) in [5.74, 6) is -0.438. The maximum absolute atomic E-state index is 13.3. The minimum atomic E-state index is -0.325. The van der Waals surface area contributed by atoms with Crippen molar-refractivity contribution in [1.82, 2.24) is 15.2 Å². The minimum Gasteiger partial charge on any atom is -0.349 e.